The SMILES string of the molecule is O=C(NCc1ccc(Cl)cc1Cl)[C@H]1CN(S(=O)(=O)c2ccccc2)CCN1S(=O)(=O)c1ccccc1. The quantitative estimate of drug-likeness (QED) is 0.471. The third-order valence-corrected chi connectivity index (χ3v) is 10.2. The minimum Gasteiger partial charge on any atom is -0.351 e. The molecule has 0 radical (unpaired) electrons. The van der Waals surface area contributed by atoms with Crippen LogP contribution in [0.15, 0.2) is 88.7 Å². The Hall–Kier alpha value is -2.47. The van der Waals surface area contributed by atoms with Crippen molar-refractivity contribution >= 4 is 49.2 Å². The van der Waals surface area contributed by atoms with Gasteiger partial charge in [0.05, 0.1) is 9.79 Å². The molecule has 0 bridgehead atoms. The van der Waals surface area contributed by atoms with Crippen LogP contribution in [0.2, 0.25) is 10.0 Å². The van der Waals surface area contributed by atoms with Gasteiger partial charge < -0.3 is 5.32 Å². The number of benzene rings is 3. The van der Waals surface area contributed by atoms with Gasteiger partial charge in [-0.15, -0.1) is 0 Å². The highest BCUT2D eigenvalue weighted by Crippen LogP contribution is 2.26. The first-order valence-corrected chi connectivity index (χ1v) is 14.6. The normalized spacial score (nSPS) is 17.6. The van der Waals surface area contributed by atoms with E-state index in [9.17, 15) is 21.6 Å². The highest BCUT2D eigenvalue weighted by atomic mass is 35.5. The van der Waals surface area contributed by atoms with E-state index in [0.717, 1.165) is 8.61 Å². The number of carbonyl (C=O) groups excluding carboxylic acids is 1. The summed E-state index contributed by atoms with van der Waals surface area (Å²) >= 11 is 12.1. The molecular weight excluding hydrogens is 545 g/mol. The second kappa shape index (κ2) is 10.9. The zero-order chi connectivity index (χ0) is 25.9. The monoisotopic (exact) mass is 567 g/mol. The highest BCUT2D eigenvalue weighted by molar-refractivity contribution is 7.89. The molecule has 4 rings (SSSR count). The van der Waals surface area contributed by atoms with Crippen molar-refractivity contribution in [1.29, 1.82) is 0 Å². The van der Waals surface area contributed by atoms with Gasteiger partial charge in [-0.1, -0.05) is 65.7 Å². The van der Waals surface area contributed by atoms with Crippen molar-refractivity contribution in [1.82, 2.24) is 13.9 Å². The van der Waals surface area contributed by atoms with Gasteiger partial charge in [-0.25, -0.2) is 16.8 Å². The summed E-state index contributed by atoms with van der Waals surface area (Å²) in [6, 6.07) is 19.0. The minimum atomic E-state index is -4.08. The molecule has 0 unspecified atom stereocenters. The summed E-state index contributed by atoms with van der Waals surface area (Å²) in [5.74, 6) is -0.645. The van der Waals surface area contributed by atoms with Crippen LogP contribution in [0.3, 0.4) is 0 Å². The predicted molar refractivity (Wildman–Crippen MR) is 138 cm³/mol. The number of amides is 1. The lowest BCUT2D eigenvalue weighted by Crippen LogP contribution is -2.61. The largest absolute Gasteiger partial charge is 0.351 e. The van der Waals surface area contributed by atoms with Gasteiger partial charge in [-0.2, -0.15) is 8.61 Å². The van der Waals surface area contributed by atoms with Crippen LogP contribution in [0.25, 0.3) is 0 Å². The molecular formula is C24H23Cl2N3O5S2. The Kier molecular flexibility index (Phi) is 8.03. The van der Waals surface area contributed by atoms with Gasteiger partial charge in [0.15, 0.2) is 0 Å². The fourth-order valence-electron chi connectivity index (χ4n) is 3.90. The third kappa shape index (κ3) is 5.59. The van der Waals surface area contributed by atoms with Crippen molar-refractivity contribution in [2.75, 3.05) is 19.6 Å². The third-order valence-electron chi connectivity index (χ3n) is 5.80. The second-order valence-electron chi connectivity index (χ2n) is 8.07. The van der Waals surface area contributed by atoms with E-state index in [4.69, 9.17) is 23.2 Å². The maximum absolute atomic E-state index is 13.4. The molecule has 3 aromatic rings. The standard InChI is InChI=1S/C24H23Cl2N3O5S2/c25-19-12-11-18(22(26)15-19)16-27-24(30)23-17-28(35(31,32)20-7-3-1-4-8-20)13-14-29(23)36(33,34)21-9-5-2-6-10-21/h1-12,15,23H,13-14,16-17H2,(H,27,30)/t23-/m1/s1. The van der Waals surface area contributed by atoms with E-state index in [-0.39, 0.29) is 36.0 Å². The number of hydrogen-bond acceptors (Lipinski definition) is 5. The van der Waals surface area contributed by atoms with Gasteiger partial charge in [-0.05, 0) is 42.0 Å². The van der Waals surface area contributed by atoms with Crippen LogP contribution in [-0.4, -0.2) is 57.0 Å². The molecule has 0 aliphatic carbocycles. The fraction of sp³-hybridized carbons (Fsp3) is 0.208. The second-order valence-corrected chi connectivity index (χ2v) is 12.7. The van der Waals surface area contributed by atoms with Crippen LogP contribution < -0.4 is 5.32 Å². The first kappa shape index (κ1) is 26.6. The average Bonchev–Trinajstić information content (AvgIpc) is 2.88. The number of halogens is 2. The summed E-state index contributed by atoms with van der Waals surface area (Å²) in [7, 11) is -8.02. The summed E-state index contributed by atoms with van der Waals surface area (Å²) in [6.45, 7) is -0.626. The molecule has 1 amide bonds. The summed E-state index contributed by atoms with van der Waals surface area (Å²) < 4.78 is 55.5. The van der Waals surface area contributed by atoms with Crippen LogP contribution in [0.4, 0.5) is 0 Å². The van der Waals surface area contributed by atoms with Gasteiger partial charge in [0.2, 0.25) is 26.0 Å². The van der Waals surface area contributed by atoms with Gasteiger partial charge in [-0.3, -0.25) is 4.79 Å². The number of hydrogen-bond donors (Lipinski definition) is 1. The molecule has 190 valence electrons. The van der Waals surface area contributed by atoms with Gasteiger partial charge in [0.25, 0.3) is 0 Å². The van der Waals surface area contributed by atoms with E-state index >= 15 is 0 Å². The number of nitrogens with one attached hydrogen (secondary N) is 1. The molecule has 0 aromatic heterocycles. The summed E-state index contributed by atoms with van der Waals surface area (Å²) in [5.41, 5.74) is 0.580. The molecule has 8 nitrogen and oxygen atoms in total. The smallest absolute Gasteiger partial charge is 0.243 e. The zero-order valence-corrected chi connectivity index (χ0v) is 22.1. The maximum atomic E-state index is 13.4. The van der Waals surface area contributed by atoms with Gasteiger partial charge >= 0.3 is 0 Å². The Balaban J connectivity index is 1.64. The molecule has 0 spiro atoms. The molecule has 12 heteroatoms. The Morgan fingerprint density at radius 1 is 0.833 bits per heavy atom. The van der Waals surface area contributed by atoms with Crippen LogP contribution in [0.5, 0.6) is 0 Å². The van der Waals surface area contributed by atoms with E-state index in [1.165, 1.54) is 30.3 Å². The lowest BCUT2D eigenvalue weighted by molar-refractivity contribution is -0.126. The number of piperazine rings is 1. The van der Waals surface area contributed by atoms with Crippen molar-refractivity contribution in [2.45, 2.75) is 22.4 Å². The summed E-state index contributed by atoms with van der Waals surface area (Å²) in [6.07, 6.45) is 0. The van der Waals surface area contributed by atoms with Crippen LogP contribution in [0, 0.1) is 0 Å². The Morgan fingerprint density at radius 2 is 1.42 bits per heavy atom. The van der Waals surface area contributed by atoms with Crippen LogP contribution in [-0.2, 0) is 31.4 Å². The van der Waals surface area contributed by atoms with E-state index < -0.39 is 32.0 Å². The first-order valence-electron chi connectivity index (χ1n) is 10.9. The van der Waals surface area contributed by atoms with Crippen molar-refractivity contribution < 1.29 is 21.6 Å². The molecule has 1 aliphatic rings. The van der Waals surface area contributed by atoms with Crippen molar-refractivity contribution in [3.63, 3.8) is 0 Å². The van der Waals surface area contributed by atoms with E-state index in [1.807, 2.05) is 0 Å². The lowest BCUT2D eigenvalue weighted by atomic mass is 10.2. The molecule has 1 N–H and O–H groups in total. The van der Waals surface area contributed by atoms with E-state index in [1.54, 1.807) is 48.5 Å². The van der Waals surface area contributed by atoms with Crippen molar-refractivity contribution in [3.8, 4) is 0 Å². The molecule has 36 heavy (non-hydrogen) atoms. The first-order chi connectivity index (χ1) is 17.1. The maximum Gasteiger partial charge on any atom is 0.243 e. The van der Waals surface area contributed by atoms with E-state index in [2.05, 4.69) is 5.32 Å². The fourth-order valence-corrected chi connectivity index (χ4v) is 7.42. The number of sulfonamides is 2. The number of nitrogens with zero attached hydrogens (tertiary/aromatic N) is 2. The van der Waals surface area contributed by atoms with Crippen LogP contribution >= 0.6 is 23.2 Å². The van der Waals surface area contributed by atoms with Gasteiger partial charge in [0.1, 0.15) is 6.04 Å². The Bertz CT molecular complexity index is 1450. The Morgan fingerprint density at radius 3 is 2.00 bits per heavy atom. The topological polar surface area (TPSA) is 104 Å². The molecule has 1 atom stereocenters. The molecule has 1 heterocycles. The van der Waals surface area contributed by atoms with Crippen LogP contribution in [0.1, 0.15) is 5.56 Å². The summed E-state index contributed by atoms with van der Waals surface area (Å²) in [4.78, 5) is 13.4. The molecule has 1 saturated heterocycles. The summed E-state index contributed by atoms with van der Waals surface area (Å²) in [5, 5.41) is 3.48. The molecule has 1 fully saturated rings. The molecule has 3 aromatic carbocycles. The Labute approximate surface area is 220 Å². The van der Waals surface area contributed by atoms with Gasteiger partial charge in [0, 0.05) is 36.2 Å². The number of rotatable bonds is 7. The highest BCUT2D eigenvalue weighted by Gasteiger charge is 2.43. The number of carbonyl (C=O) groups is 1. The van der Waals surface area contributed by atoms with Crippen molar-refractivity contribution in [3.05, 3.63) is 94.5 Å². The van der Waals surface area contributed by atoms with Crippen molar-refractivity contribution in [2.24, 2.45) is 0 Å². The predicted octanol–water partition coefficient (Wildman–Crippen LogP) is 3.37. The zero-order valence-electron chi connectivity index (χ0n) is 18.9. The molecule has 0 saturated carbocycles. The average molecular weight is 569 g/mol. The lowest BCUT2D eigenvalue weighted by Gasteiger charge is -2.39. The minimum absolute atomic E-state index is 0.00992. The molecule has 1 aliphatic heterocycles. The van der Waals surface area contributed by atoms with E-state index in [0.29, 0.717) is 15.6 Å².